The first-order chi connectivity index (χ1) is 13.6. The number of carbonyl (C=O) groups is 2. The Hall–Kier alpha value is -3.01. The van der Waals surface area contributed by atoms with Crippen molar-refractivity contribution in [3.05, 3.63) is 41.5 Å². The molecular weight excluding hydrogens is 369 g/mol. The predicted molar refractivity (Wildman–Crippen MR) is 94.6 cm³/mol. The van der Waals surface area contributed by atoms with E-state index >= 15 is 0 Å². The van der Waals surface area contributed by atoms with E-state index in [1.807, 2.05) is 0 Å². The average molecular weight is 389 g/mol. The van der Waals surface area contributed by atoms with Gasteiger partial charge in [-0.15, -0.1) is 5.10 Å². The second kappa shape index (κ2) is 7.55. The van der Waals surface area contributed by atoms with Crippen LogP contribution < -0.4 is 4.74 Å². The van der Waals surface area contributed by atoms with E-state index in [0.717, 1.165) is 0 Å². The largest absolute Gasteiger partial charge is 0.494 e. The number of amides is 2. The Morgan fingerprint density at radius 3 is 2.61 bits per heavy atom. The van der Waals surface area contributed by atoms with Crippen LogP contribution in [0.4, 0.5) is 4.39 Å². The van der Waals surface area contributed by atoms with Gasteiger partial charge in [0.05, 0.1) is 32.6 Å². The average Bonchev–Trinajstić information content (AvgIpc) is 3.16. The number of benzene rings is 1. The fourth-order valence-electron chi connectivity index (χ4n) is 3.25. The Morgan fingerprint density at radius 2 is 1.93 bits per heavy atom. The fourth-order valence-corrected chi connectivity index (χ4v) is 3.25. The maximum Gasteiger partial charge on any atom is 0.276 e. The predicted octanol–water partition coefficient (Wildman–Crippen LogP) is 0.595. The highest BCUT2D eigenvalue weighted by Gasteiger charge is 2.34. The third kappa shape index (κ3) is 3.42. The third-order valence-electron chi connectivity index (χ3n) is 4.95. The number of morpholine rings is 1. The molecule has 3 heterocycles. The highest BCUT2D eigenvalue weighted by Crippen LogP contribution is 2.25. The molecular formula is C18H20FN5O4. The van der Waals surface area contributed by atoms with Gasteiger partial charge in [-0.25, -0.2) is 9.07 Å². The highest BCUT2D eigenvalue weighted by atomic mass is 19.1. The van der Waals surface area contributed by atoms with Gasteiger partial charge >= 0.3 is 0 Å². The number of halogens is 1. The van der Waals surface area contributed by atoms with Gasteiger partial charge in [0.2, 0.25) is 0 Å². The lowest BCUT2D eigenvalue weighted by molar-refractivity contribution is 0.0298. The number of likely N-dealkylation sites (tertiary alicyclic amines) is 1. The van der Waals surface area contributed by atoms with E-state index in [4.69, 9.17) is 9.47 Å². The number of ether oxygens (including phenoxy) is 2. The summed E-state index contributed by atoms with van der Waals surface area (Å²) in [6, 6.07) is 4.07. The first kappa shape index (κ1) is 18.4. The molecule has 28 heavy (non-hydrogen) atoms. The summed E-state index contributed by atoms with van der Waals surface area (Å²) < 4.78 is 25.5. The SMILES string of the molecule is COc1ccc(C(=O)N2CC(n3cc(C(=O)N4CCOCC4)nn3)C2)cc1F. The van der Waals surface area contributed by atoms with Crippen LogP contribution >= 0.6 is 0 Å². The Morgan fingerprint density at radius 1 is 1.18 bits per heavy atom. The summed E-state index contributed by atoms with van der Waals surface area (Å²) in [6.07, 6.45) is 1.61. The van der Waals surface area contributed by atoms with Crippen molar-refractivity contribution in [1.82, 2.24) is 24.8 Å². The van der Waals surface area contributed by atoms with E-state index < -0.39 is 5.82 Å². The van der Waals surface area contributed by atoms with E-state index in [-0.39, 0.29) is 34.9 Å². The molecule has 2 aliphatic rings. The van der Waals surface area contributed by atoms with Crippen molar-refractivity contribution in [2.24, 2.45) is 0 Å². The zero-order valence-corrected chi connectivity index (χ0v) is 15.4. The van der Waals surface area contributed by atoms with Gasteiger partial charge in [-0.3, -0.25) is 9.59 Å². The van der Waals surface area contributed by atoms with Gasteiger partial charge in [0, 0.05) is 31.7 Å². The van der Waals surface area contributed by atoms with Crippen LogP contribution in [0.5, 0.6) is 5.75 Å². The van der Waals surface area contributed by atoms with Crippen molar-refractivity contribution in [2.45, 2.75) is 6.04 Å². The topological polar surface area (TPSA) is 89.8 Å². The molecule has 0 atom stereocenters. The summed E-state index contributed by atoms with van der Waals surface area (Å²) >= 11 is 0. The lowest BCUT2D eigenvalue weighted by Gasteiger charge is -2.38. The number of carbonyl (C=O) groups excluding carboxylic acids is 2. The minimum atomic E-state index is -0.576. The van der Waals surface area contributed by atoms with Gasteiger partial charge in [0.25, 0.3) is 11.8 Å². The van der Waals surface area contributed by atoms with E-state index in [1.54, 1.807) is 20.7 Å². The third-order valence-corrected chi connectivity index (χ3v) is 4.95. The number of hydrogen-bond donors (Lipinski definition) is 0. The molecule has 9 nitrogen and oxygen atoms in total. The van der Waals surface area contributed by atoms with Crippen LogP contribution in [0, 0.1) is 5.82 Å². The summed E-state index contributed by atoms with van der Waals surface area (Å²) in [7, 11) is 1.37. The number of hydrogen-bond acceptors (Lipinski definition) is 6. The number of nitrogens with zero attached hydrogens (tertiary/aromatic N) is 5. The second-order valence-corrected chi connectivity index (χ2v) is 6.70. The molecule has 2 saturated heterocycles. The fraction of sp³-hybridized carbons (Fsp3) is 0.444. The van der Waals surface area contributed by atoms with Crippen LogP contribution in [0.25, 0.3) is 0 Å². The monoisotopic (exact) mass is 389 g/mol. The summed E-state index contributed by atoms with van der Waals surface area (Å²) in [6.45, 7) is 2.95. The summed E-state index contributed by atoms with van der Waals surface area (Å²) in [4.78, 5) is 28.2. The molecule has 4 rings (SSSR count). The summed E-state index contributed by atoms with van der Waals surface area (Å²) in [5.74, 6) is -0.913. The second-order valence-electron chi connectivity index (χ2n) is 6.70. The first-order valence-electron chi connectivity index (χ1n) is 8.98. The van der Waals surface area contributed by atoms with Crippen molar-refractivity contribution >= 4 is 11.8 Å². The first-order valence-corrected chi connectivity index (χ1v) is 8.98. The molecule has 1 aromatic carbocycles. The van der Waals surface area contributed by atoms with Crippen molar-refractivity contribution in [3.63, 3.8) is 0 Å². The molecule has 0 radical (unpaired) electrons. The van der Waals surface area contributed by atoms with Crippen molar-refractivity contribution < 1.29 is 23.5 Å². The minimum Gasteiger partial charge on any atom is -0.494 e. The van der Waals surface area contributed by atoms with Crippen molar-refractivity contribution in [3.8, 4) is 5.75 Å². The molecule has 0 aliphatic carbocycles. The summed E-state index contributed by atoms with van der Waals surface area (Å²) in [5.41, 5.74) is 0.544. The standard InChI is InChI=1S/C18H20FN5O4/c1-27-16-3-2-12(8-14(16)19)17(25)23-9-13(10-23)24-11-15(20-21-24)18(26)22-4-6-28-7-5-22/h2-3,8,11,13H,4-7,9-10H2,1H3. The van der Waals surface area contributed by atoms with Gasteiger partial charge in [-0.05, 0) is 18.2 Å². The number of rotatable bonds is 4. The Labute approximate surface area is 160 Å². The van der Waals surface area contributed by atoms with Gasteiger partial charge in [0.15, 0.2) is 17.3 Å². The van der Waals surface area contributed by atoms with Crippen LogP contribution in [0.2, 0.25) is 0 Å². The molecule has 2 amide bonds. The van der Waals surface area contributed by atoms with Gasteiger partial charge < -0.3 is 19.3 Å². The van der Waals surface area contributed by atoms with Crippen LogP contribution in [-0.4, -0.2) is 83.1 Å². The summed E-state index contributed by atoms with van der Waals surface area (Å²) in [5, 5.41) is 8.00. The maximum atomic E-state index is 13.8. The Kier molecular flexibility index (Phi) is 4.95. The normalized spacial score (nSPS) is 17.4. The van der Waals surface area contributed by atoms with E-state index in [1.165, 1.54) is 25.3 Å². The molecule has 0 bridgehead atoms. The highest BCUT2D eigenvalue weighted by molar-refractivity contribution is 5.95. The molecule has 2 aromatic rings. The molecule has 148 valence electrons. The van der Waals surface area contributed by atoms with Crippen LogP contribution in [0.1, 0.15) is 26.9 Å². The van der Waals surface area contributed by atoms with Crippen LogP contribution in [-0.2, 0) is 4.74 Å². The molecule has 10 heteroatoms. The maximum absolute atomic E-state index is 13.8. The number of methoxy groups -OCH3 is 1. The van der Waals surface area contributed by atoms with Crippen molar-refractivity contribution in [2.75, 3.05) is 46.5 Å². The number of aromatic nitrogens is 3. The van der Waals surface area contributed by atoms with E-state index in [0.29, 0.717) is 39.4 Å². The van der Waals surface area contributed by atoms with Gasteiger partial charge in [-0.1, -0.05) is 5.21 Å². The molecule has 0 N–H and O–H groups in total. The van der Waals surface area contributed by atoms with Crippen LogP contribution in [0.15, 0.2) is 24.4 Å². The minimum absolute atomic E-state index is 0.0641. The molecule has 0 saturated carbocycles. The van der Waals surface area contributed by atoms with Gasteiger partial charge in [0.1, 0.15) is 0 Å². The zero-order valence-electron chi connectivity index (χ0n) is 15.4. The smallest absolute Gasteiger partial charge is 0.276 e. The van der Waals surface area contributed by atoms with Crippen LogP contribution in [0.3, 0.4) is 0 Å². The molecule has 0 spiro atoms. The quantitative estimate of drug-likeness (QED) is 0.761. The Bertz CT molecular complexity index is 890. The van der Waals surface area contributed by atoms with Crippen molar-refractivity contribution in [1.29, 1.82) is 0 Å². The molecule has 2 aliphatic heterocycles. The van der Waals surface area contributed by atoms with E-state index in [2.05, 4.69) is 10.3 Å². The Balaban J connectivity index is 1.36. The zero-order chi connectivity index (χ0) is 19.7. The lowest BCUT2D eigenvalue weighted by Crippen LogP contribution is -2.50. The molecule has 2 fully saturated rings. The van der Waals surface area contributed by atoms with Gasteiger partial charge in [-0.2, -0.15) is 0 Å². The molecule has 0 unspecified atom stereocenters. The lowest BCUT2D eigenvalue weighted by atomic mass is 10.1. The van der Waals surface area contributed by atoms with E-state index in [9.17, 15) is 14.0 Å². The molecule has 1 aromatic heterocycles.